The van der Waals surface area contributed by atoms with Gasteiger partial charge in [0.2, 0.25) is 0 Å². The maximum Gasteiger partial charge on any atom is -0.0130 e. The van der Waals surface area contributed by atoms with E-state index in [4.69, 9.17) is 0 Å². The van der Waals surface area contributed by atoms with E-state index >= 15 is 0 Å². The molecule has 70 valence electrons. The zero-order chi connectivity index (χ0) is 9.42. The van der Waals surface area contributed by atoms with Gasteiger partial charge in [0, 0.05) is 0 Å². The molecule has 2 rings (SSSR count). The van der Waals surface area contributed by atoms with Gasteiger partial charge < -0.3 is 0 Å². The second kappa shape index (κ2) is 3.17. The van der Waals surface area contributed by atoms with Crippen molar-refractivity contribution in [1.29, 1.82) is 0 Å². The van der Waals surface area contributed by atoms with Gasteiger partial charge >= 0.3 is 0 Å². The van der Waals surface area contributed by atoms with Gasteiger partial charge in [-0.3, -0.25) is 0 Å². The highest BCUT2D eigenvalue weighted by atomic mass is 14.3. The third-order valence-corrected chi connectivity index (χ3v) is 3.15. The fourth-order valence-electron chi connectivity index (χ4n) is 2.46. The van der Waals surface area contributed by atoms with E-state index in [1.807, 2.05) is 0 Å². The first-order valence-corrected chi connectivity index (χ1v) is 5.29. The molecule has 13 heavy (non-hydrogen) atoms. The predicted molar refractivity (Wildman–Crippen MR) is 57.5 cm³/mol. The highest BCUT2D eigenvalue weighted by Crippen LogP contribution is 2.39. The molecule has 0 fully saturated rings. The first-order chi connectivity index (χ1) is 6.18. The lowest BCUT2D eigenvalue weighted by Crippen LogP contribution is -2.14. The minimum Gasteiger partial charge on any atom is -0.0769 e. The molecule has 0 radical (unpaired) electrons. The second-order valence-corrected chi connectivity index (χ2v) is 4.58. The van der Waals surface area contributed by atoms with E-state index < -0.39 is 0 Å². The molecule has 0 bridgehead atoms. The predicted octanol–water partition coefficient (Wildman–Crippen LogP) is 3.87. The van der Waals surface area contributed by atoms with Crippen molar-refractivity contribution in [2.24, 2.45) is 11.8 Å². The van der Waals surface area contributed by atoms with Crippen LogP contribution in [0.15, 0.2) is 34.9 Å². The molecule has 0 aromatic rings. The Balaban J connectivity index is 2.31. The summed E-state index contributed by atoms with van der Waals surface area (Å²) in [7, 11) is 0. The maximum atomic E-state index is 2.39. The van der Waals surface area contributed by atoms with E-state index in [1.54, 1.807) is 5.57 Å². The standard InChI is InChI=1S/C13H18/c1-9(2)12-6-4-5-11-7-10(3)8-13(11)12/h5,7-9,12H,4,6H2,1-3H3. The number of fused-ring (bicyclic) bond motifs is 1. The fourth-order valence-corrected chi connectivity index (χ4v) is 2.46. The van der Waals surface area contributed by atoms with E-state index in [0.29, 0.717) is 0 Å². The summed E-state index contributed by atoms with van der Waals surface area (Å²) in [6.45, 7) is 6.87. The first-order valence-electron chi connectivity index (χ1n) is 5.29. The number of rotatable bonds is 1. The lowest BCUT2D eigenvalue weighted by atomic mass is 9.78. The Morgan fingerprint density at radius 3 is 2.77 bits per heavy atom. The van der Waals surface area contributed by atoms with Crippen molar-refractivity contribution in [3.8, 4) is 0 Å². The molecule has 0 amide bonds. The van der Waals surface area contributed by atoms with Crippen molar-refractivity contribution in [3.63, 3.8) is 0 Å². The maximum absolute atomic E-state index is 2.39. The molecule has 0 aliphatic heterocycles. The number of hydrogen-bond donors (Lipinski definition) is 0. The van der Waals surface area contributed by atoms with Crippen LogP contribution in [0.5, 0.6) is 0 Å². The summed E-state index contributed by atoms with van der Waals surface area (Å²) in [4.78, 5) is 0. The molecular formula is C13H18. The quantitative estimate of drug-likeness (QED) is 0.566. The van der Waals surface area contributed by atoms with Crippen LogP contribution in [0.3, 0.4) is 0 Å². The molecule has 0 aromatic heterocycles. The zero-order valence-electron chi connectivity index (χ0n) is 8.80. The number of hydrogen-bond acceptors (Lipinski definition) is 0. The summed E-state index contributed by atoms with van der Waals surface area (Å²) in [5.41, 5.74) is 4.52. The smallest absolute Gasteiger partial charge is 0.0130 e. The lowest BCUT2D eigenvalue weighted by Gasteiger charge is -2.26. The van der Waals surface area contributed by atoms with Gasteiger partial charge in [0.1, 0.15) is 0 Å². The molecule has 0 N–H and O–H groups in total. The van der Waals surface area contributed by atoms with E-state index in [-0.39, 0.29) is 0 Å². The molecule has 2 aliphatic carbocycles. The van der Waals surface area contributed by atoms with Crippen LogP contribution in [-0.2, 0) is 0 Å². The van der Waals surface area contributed by atoms with Gasteiger partial charge in [-0.05, 0) is 42.7 Å². The van der Waals surface area contributed by atoms with E-state index in [2.05, 4.69) is 39.0 Å². The van der Waals surface area contributed by atoms with Crippen LogP contribution in [0.25, 0.3) is 0 Å². The summed E-state index contributed by atoms with van der Waals surface area (Å²) in [6.07, 6.45) is 9.69. The van der Waals surface area contributed by atoms with Crippen molar-refractivity contribution in [1.82, 2.24) is 0 Å². The second-order valence-electron chi connectivity index (χ2n) is 4.58. The summed E-state index contributed by atoms with van der Waals surface area (Å²) in [6, 6.07) is 0. The van der Waals surface area contributed by atoms with Crippen molar-refractivity contribution in [3.05, 3.63) is 34.9 Å². The molecule has 2 aliphatic rings. The zero-order valence-corrected chi connectivity index (χ0v) is 8.80. The van der Waals surface area contributed by atoms with E-state index in [0.717, 1.165) is 11.8 Å². The van der Waals surface area contributed by atoms with Gasteiger partial charge in [-0.15, -0.1) is 0 Å². The van der Waals surface area contributed by atoms with Crippen LogP contribution in [0.2, 0.25) is 0 Å². The molecule has 0 spiro atoms. The van der Waals surface area contributed by atoms with Gasteiger partial charge in [-0.25, -0.2) is 0 Å². The molecule has 0 aromatic carbocycles. The molecule has 0 saturated carbocycles. The van der Waals surface area contributed by atoms with E-state index in [9.17, 15) is 0 Å². The van der Waals surface area contributed by atoms with Crippen LogP contribution < -0.4 is 0 Å². The normalized spacial score (nSPS) is 26.8. The highest BCUT2D eigenvalue weighted by molar-refractivity contribution is 5.54. The SMILES string of the molecule is CC1=CC2=CCCC(C(C)C)C2=C1. The highest BCUT2D eigenvalue weighted by Gasteiger charge is 2.25. The molecule has 1 unspecified atom stereocenters. The Kier molecular flexibility index (Phi) is 2.15. The van der Waals surface area contributed by atoms with Crippen LogP contribution in [0, 0.1) is 11.8 Å². The molecule has 0 heterocycles. The lowest BCUT2D eigenvalue weighted by molar-refractivity contribution is 0.415. The molecule has 1 atom stereocenters. The van der Waals surface area contributed by atoms with Crippen molar-refractivity contribution >= 4 is 0 Å². The third kappa shape index (κ3) is 1.50. The average molecular weight is 174 g/mol. The summed E-state index contributed by atoms with van der Waals surface area (Å²) in [5.74, 6) is 1.59. The summed E-state index contributed by atoms with van der Waals surface area (Å²) in [5, 5.41) is 0. The Hall–Kier alpha value is -0.780. The Morgan fingerprint density at radius 2 is 2.08 bits per heavy atom. The monoisotopic (exact) mass is 174 g/mol. The minimum atomic E-state index is 0.786. The van der Waals surface area contributed by atoms with E-state index in [1.165, 1.54) is 24.0 Å². The Bertz CT molecular complexity index is 300. The third-order valence-electron chi connectivity index (χ3n) is 3.15. The minimum absolute atomic E-state index is 0.786. The molecular weight excluding hydrogens is 156 g/mol. The molecule has 0 nitrogen and oxygen atoms in total. The van der Waals surface area contributed by atoms with Gasteiger partial charge in [0.25, 0.3) is 0 Å². The topological polar surface area (TPSA) is 0 Å². The van der Waals surface area contributed by atoms with Crippen molar-refractivity contribution < 1.29 is 0 Å². The van der Waals surface area contributed by atoms with Crippen LogP contribution in [0.1, 0.15) is 33.6 Å². The van der Waals surface area contributed by atoms with Gasteiger partial charge in [0.05, 0.1) is 0 Å². The first kappa shape index (κ1) is 8.80. The van der Waals surface area contributed by atoms with Crippen LogP contribution in [-0.4, -0.2) is 0 Å². The van der Waals surface area contributed by atoms with Gasteiger partial charge in [-0.1, -0.05) is 37.6 Å². The molecule has 0 heteroatoms. The van der Waals surface area contributed by atoms with Gasteiger partial charge in [0.15, 0.2) is 0 Å². The van der Waals surface area contributed by atoms with Crippen LogP contribution in [0.4, 0.5) is 0 Å². The van der Waals surface area contributed by atoms with Gasteiger partial charge in [-0.2, -0.15) is 0 Å². The summed E-state index contributed by atoms with van der Waals surface area (Å²) < 4.78 is 0. The number of allylic oxidation sites excluding steroid dienone is 6. The van der Waals surface area contributed by atoms with Crippen LogP contribution >= 0.6 is 0 Å². The Labute approximate surface area is 81.0 Å². The fraction of sp³-hybridized carbons (Fsp3) is 0.538. The average Bonchev–Trinajstić information content (AvgIpc) is 2.43. The van der Waals surface area contributed by atoms with Crippen molar-refractivity contribution in [2.75, 3.05) is 0 Å². The largest absolute Gasteiger partial charge is 0.0769 e. The molecule has 0 saturated heterocycles. The summed E-state index contributed by atoms with van der Waals surface area (Å²) >= 11 is 0. The van der Waals surface area contributed by atoms with Crippen molar-refractivity contribution in [2.45, 2.75) is 33.6 Å². The Morgan fingerprint density at radius 1 is 1.31 bits per heavy atom.